The Bertz CT molecular complexity index is 689. The van der Waals surface area contributed by atoms with Gasteiger partial charge >= 0.3 is 0 Å². The normalized spacial score (nSPS) is 11.5. The number of nitrogens with zero attached hydrogens (tertiary/aromatic N) is 1. The Labute approximate surface area is 118 Å². The molecular formula is C14H12F3N3O. The molecule has 0 aliphatic carbocycles. The SMILES string of the molecule is NC(=NO)c1cccc(CNc2cc(F)cc(F)c2F)c1. The average molecular weight is 295 g/mol. The molecule has 0 aromatic heterocycles. The van der Waals surface area contributed by atoms with Crippen LogP contribution in [0.15, 0.2) is 41.6 Å². The molecule has 4 N–H and O–H groups in total. The van der Waals surface area contributed by atoms with Crippen LogP contribution in [-0.4, -0.2) is 11.0 Å². The first-order valence-electron chi connectivity index (χ1n) is 5.96. The van der Waals surface area contributed by atoms with Crippen LogP contribution in [0.25, 0.3) is 0 Å². The fourth-order valence-corrected chi connectivity index (χ4v) is 1.78. The van der Waals surface area contributed by atoms with E-state index in [-0.39, 0.29) is 18.1 Å². The quantitative estimate of drug-likeness (QED) is 0.267. The van der Waals surface area contributed by atoms with E-state index in [4.69, 9.17) is 10.9 Å². The van der Waals surface area contributed by atoms with Crippen molar-refractivity contribution in [2.45, 2.75) is 6.54 Å². The summed E-state index contributed by atoms with van der Waals surface area (Å²) in [5.74, 6) is -3.35. The van der Waals surface area contributed by atoms with Crippen LogP contribution in [0.3, 0.4) is 0 Å². The van der Waals surface area contributed by atoms with E-state index < -0.39 is 17.5 Å². The molecule has 2 aromatic carbocycles. The van der Waals surface area contributed by atoms with E-state index in [9.17, 15) is 13.2 Å². The van der Waals surface area contributed by atoms with Gasteiger partial charge in [0.05, 0.1) is 5.69 Å². The van der Waals surface area contributed by atoms with Crippen LogP contribution in [-0.2, 0) is 6.54 Å². The van der Waals surface area contributed by atoms with E-state index in [2.05, 4.69) is 10.5 Å². The summed E-state index contributed by atoms with van der Waals surface area (Å²) < 4.78 is 39.6. The Balaban J connectivity index is 2.17. The van der Waals surface area contributed by atoms with Crippen molar-refractivity contribution in [1.29, 1.82) is 0 Å². The van der Waals surface area contributed by atoms with Gasteiger partial charge in [0.2, 0.25) is 0 Å². The third-order valence-corrected chi connectivity index (χ3v) is 2.81. The molecule has 0 bridgehead atoms. The van der Waals surface area contributed by atoms with Gasteiger partial charge in [-0.25, -0.2) is 13.2 Å². The topological polar surface area (TPSA) is 70.6 Å². The third-order valence-electron chi connectivity index (χ3n) is 2.81. The summed E-state index contributed by atoms with van der Waals surface area (Å²) in [5, 5.41) is 14.1. The Kier molecular flexibility index (Phi) is 4.32. The maximum atomic E-state index is 13.5. The minimum atomic E-state index is -1.26. The molecule has 0 amide bonds. The molecule has 0 aliphatic rings. The van der Waals surface area contributed by atoms with Crippen molar-refractivity contribution in [3.8, 4) is 0 Å². The number of nitrogens with two attached hydrogens (primary N) is 1. The first-order chi connectivity index (χ1) is 10.0. The van der Waals surface area contributed by atoms with Crippen LogP contribution in [0.1, 0.15) is 11.1 Å². The van der Waals surface area contributed by atoms with Crippen molar-refractivity contribution < 1.29 is 18.4 Å². The predicted molar refractivity (Wildman–Crippen MR) is 72.6 cm³/mol. The molecule has 0 unspecified atom stereocenters. The molecule has 21 heavy (non-hydrogen) atoms. The number of nitrogens with one attached hydrogen (secondary N) is 1. The van der Waals surface area contributed by atoms with Crippen LogP contribution < -0.4 is 11.1 Å². The molecule has 0 heterocycles. The summed E-state index contributed by atoms with van der Waals surface area (Å²) >= 11 is 0. The van der Waals surface area contributed by atoms with Gasteiger partial charge in [-0.2, -0.15) is 0 Å². The number of hydrogen-bond acceptors (Lipinski definition) is 3. The van der Waals surface area contributed by atoms with E-state index in [1.807, 2.05) is 0 Å². The van der Waals surface area contributed by atoms with Crippen molar-refractivity contribution in [2.75, 3.05) is 5.32 Å². The zero-order valence-corrected chi connectivity index (χ0v) is 10.8. The van der Waals surface area contributed by atoms with Gasteiger partial charge in [-0.15, -0.1) is 0 Å². The van der Waals surface area contributed by atoms with E-state index in [1.54, 1.807) is 24.3 Å². The van der Waals surface area contributed by atoms with Crippen molar-refractivity contribution in [3.63, 3.8) is 0 Å². The van der Waals surface area contributed by atoms with Crippen LogP contribution >= 0.6 is 0 Å². The maximum absolute atomic E-state index is 13.5. The zero-order valence-electron chi connectivity index (χ0n) is 10.8. The molecule has 0 fully saturated rings. The lowest BCUT2D eigenvalue weighted by Crippen LogP contribution is -2.13. The number of halogens is 3. The number of benzene rings is 2. The lowest BCUT2D eigenvalue weighted by Gasteiger charge is -2.09. The van der Waals surface area contributed by atoms with E-state index in [0.717, 1.165) is 6.07 Å². The summed E-state index contributed by atoms with van der Waals surface area (Å²) in [7, 11) is 0. The van der Waals surface area contributed by atoms with Crippen molar-refractivity contribution in [1.82, 2.24) is 0 Å². The minimum absolute atomic E-state index is 0.0696. The fraction of sp³-hybridized carbons (Fsp3) is 0.0714. The van der Waals surface area contributed by atoms with Crippen molar-refractivity contribution in [3.05, 3.63) is 65.0 Å². The molecule has 110 valence electrons. The zero-order chi connectivity index (χ0) is 15.4. The molecule has 0 saturated heterocycles. The van der Waals surface area contributed by atoms with Gasteiger partial charge in [-0.1, -0.05) is 23.4 Å². The number of amidine groups is 1. The highest BCUT2D eigenvalue weighted by Crippen LogP contribution is 2.20. The minimum Gasteiger partial charge on any atom is -0.409 e. The maximum Gasteiger partial charge on any atom is 0.182 e. The summed E-state index contributed by atoms with van der Waals surface area (Å²) in [6.45, 7) is 0.117. The van der Waals surface area contributed by atoms with Gasteiger partial charge in [0, 0.05) is 24.2 Å². The second kappa shape index (κ2) is 6.17. The Morgan fingerprint density at radius 1 is 1.19 bits per heavy atom. The largest absolute Gasteiger partial charge is 0.409 e. The molecule has 0 radical (unpaired) electrons. The Morgan fingerprint density at radius 2 is 1.95 bits per heavy atom. The lowest BCUT2D eigenvalue weighted by molar-refractivity contribution is 0.318. The van der Waals surface area contributed by atoms with Crippen molar-refractivity contribution in [2.24, 2.45) is 10.9 Å². The summed E-state index contributed by atoms with van der Waals surface area (Å²) in [4.78, 5) is 0. The molecule has 0 aliphatic heterocycles. The van der Waals surface area contributed by atoms with Crippen LogP contribution in [0.2, 0.25) is 0 Å². The van der Waals surface area contributed by atoms with E-state index in [0.29, 0.717) is 17.2 Å². The van der Waals surface area contributed by atoms with E-state index in [1.165, 1.54) is 0 Å². The predicted octanol–water partition coefficient (Wildman–Crippen LogP) is 2.81. The van der Waals surface area contributed by atoms with Crippen molar-refractivity contribution >= 4 is 11.5 Å². The summed E-state index contributed by atoms with van der Waals surface area (Å²) in [6, 6.07) is 7.93. The summed E-state index contributed by atoms with van der Waals surface area (Å²) in [5.41, 5.74) is 6.32. The second-order valence-electron chi connectivity index (χ2n) is 4.29. The van der Waals surface area contributed by atoms with Crippen LogP contribution in [0.4, 0.5) is 18.9 Å². The fourth-order valence-electron chi connectivity index (χ4n) is 1.78. The number of hydrogen-bond donors (Lipinski definition) is 3. The first-order valence-corrected chi connectivity index (χ1v) is 5.96. The second-order valence-corrected chi connectivity index (χ2v) is 4.29. The molecule has 2 aromatic rings. The molecule has 7 heteroatoms. The van der Waals surface area contributed by atoms with Gasteiger partial charge < -0.3 is 16.3 Å². The molecule has 4 nitrogen and oxygen atoms in total. The van der Waals surface area contributed by atoms with E-state index >= 15 is 0 Å². The number of oxime groups is 1. The molecule has 2 rings (SSSR count). The monoisotopic (exact) mass is 295 g/mol. The first kappa shape index (κ1) is 14.7. The Morgan fingerprint density at radius 3 is 2.67 bits per heavy atom. The average Bonchev–Trinajstić information content (AvgIpc) is 2.49. The van der Waals surface area contributed by atoms with Crippen LogP contribution in [0, 0.1) is 17.5 Å². The molecule has 0 atom stereocenters. The highest BCUT2D eigenvalue weighted by molar-refractivity contribution is 5.97. The van der Waals surface area contributed by atoms with Gasteiger partial charge in [0.15, 0.2) is 17.5 Å². The Hall–Kier alpha value is -2.70. The lowest BCUT2D eigenvalue weighted by atomic mass is 10.1. The smallest absolute Gasteiger partial charge is 0.182 e. The molecule has 0 saturated carbocycles. The van der Waals surface area contributed by atoms with Gasteiger partial charge in [-0.05, 0) is 11.6 Å². The molecular weight excluding hydrogens is 283 g/mol. The van der Waals surface area contributed by atoms with Gasteiger partial charge in [0.1, 0.15) is 5.82 Å². The van der Waals surface area contributed by atoms with Crippen LogP contribution in [0.5, 0.6) is 0 Å². The third kappa shape index (κ3) is 3.44. The number of anilines is 1. The van der Waals surface area contributed by atoms with Gasteiger partial charge in [-0.3, -0.25) is 0 Å². The highest BCUT2D eigenvalue weighted by atomic mass is 19.2. The number of rotatable bonds is 4. The molecule has 0 spiro atoms. The standard InChI is InChI=1S/C14H12F3N3O/c15-10-5-11(16)13(17)12(6-10)19-7-8-2-1-3-9(4-8)14(18)20-21/h1-6,19,21H,7H2,(H2,18,20). The highest BCUT2D eigenvalue weighted by Gasteiger charge is 2.10. The summed E-state index contributed by atoms with van der Waals surface area (Å²) in [6.07, 6.45) is 0. The van der Waals surface area contributed by atoms with Gasteiger partial charge in [0.25, 0.3) is 0 Å².